The molecule has 0 aliphatic heterocycles. The first kappa shape index (κ1) is 17.1. The topological polar surface area (TPSA) is 82.3 Å². The Labute approximate surface area is 140 Å². The first-order valence-electron chi connectivity index (χ1n) is 7.32. The molecule has 5 nitrogen and oxygen atoms in total. The fraction of sp³-hybridized carbons (Fsp3) is 0.158. The molecule has 0 aliphatic rings. The number of rotatable bonds is 4. The largest absolute Gasteiger partial charge is 0.504 e. The van der Waals surface area contributed by atoms with Gasteiger partial charge in [0.1, 0.15) is 11.6 Å². The summed E-state index contributed by atoms with van der Waals surface area (Å²) in [5, 5.41) is 21.6. The van der Waals surface area contributed by atoms with Gasteiger partial charge in [-0.1, -0.05) is 12.1 Å². The molecule has 0 fully saturated rings. The Morgan fingerprint density at radius 3 is 2.58 bits per heavy atom. The normalized spacial score (nSPS) is 10.8. The van der Waals surface area contributed by atoms with Crippen LogP contribution in [0.5, 0.6) is 11.5 Å². The number of hydrogen-bond acceptors (Lipinski definition) is 4. The van der Waals surface area contributed by atoms with Crippen molar-refractivity contribution in [3.8, 4) is 17.6 Å². The molecule has 2 rings (SSSR count). The molecule has 0 unspecified atom stereocenters. The molecule has 5 heteroatoms. The highest BCUT2D eigenvalue weighted by Gasteiger charge is 2.11. The molecule has 0 saturated carbocycles. The van der Waals surface area contributed by atoms with Crippen molar-refractivity contribution in [2.75, 3.05) is 12.4 Å². The Kier molecular flexibility index (Phi) is 5.23. The van der Waals surface area contributed by atoms with E-state index in [0.29, 0.717) is 11.3 Å². The van der Waals surface area contributed by atoms with Crippen LogP contribution in [0.3, 0.4) is 0 Å². The molecule has 1 amide bonds. The van der Waals surface area contributed by atoms with Crippen molar-refractivity contribution in [2.24, 2.45) is 0 Å². The SMILES string of the molecule is COc1cc(/C=C(\C#N)C(=O)Nc2ccc(C)c(C)c2)ccc1O. The fourth-order valence-electron chi connectivity index (χ4n) is 2.12. The summed E-state index contributed by atoms with van der Waals surface area (Å²) in [5.74, 6) is -0.226. The predicted octanol–water partition coefficient (Wildman–Crippen LogP) is 3.56. The van der Waals surface area contributed by atoms with Gasteiger partial charge in [-0.05, 0) is 60.9 Å². The third-order valence-electron chi connectivity index (χ3n) is 3.64. The summed E-state index contributed by atoms with van der Waals surface area (Å²) < 4.78 is 5.02. The molecule has 0 aromatic heterocycles. The van der Waals surface area contributed by atoms with Crippen molar-refractivity contribution >= 4 is 17.7 Å². The first-order chi connectivity index (χ1) is 11.4. The Balaban J connectivity index is 2.25. The number of carbonyl (C=O) groups is 1. The lowest BCUT2D eigenvalue weighted by Crippen LogP contribution is -2.13. The number of ether oxygens (including phenoxy) is 1. The van der Waals surface area contributed by atoms with Crippen LogP contribution < -0.4 is 10.1 Å². The molecular formula is C19H18N2O3. The number of nitriles is 1. The summed E-state index contributed by atoms with van der Waals surface area (Å²) in [4.78, 5) is 12.3. The molecule has 0 atom stereocenters. The average molecular weight is 322 g/mol. The quantitative estimate of drug-likeness (QED) is 0.666. The molecule has 122 valence electrons. The van der Waals surface area contributed by atoms with E-state index < -0.39 is 5.91 Å². The average Bonchev–Trinajstić information content (AvgIpc) is 2.57. The molecular weight excluding hydrogens is 304 g/mol. The van der Waals surface area contributed by atoms with Crippen molar-refractivity contribution in [3.05, 3.63) is 58.7 Å². The molecule has 0 heterocycles. The number of aromatic hydroxyl groups is 1. The zero-order valence-corrected chi connectivity index (χ0v) is 13.8. The maximum atomic E-state index is 12.3. The van der Waals surface area contributed by atoms with Gasteiger partial charge >= 0.3 is 0 Å². The highest BCUT2D eigenvalue weighted by molar-refractivity contribution is 6.09. The zero-order chi connectivity index (χ0) is 17.7. The highest BCUT2D eigenvalue weighted by Crippen LogP contribution is 2.27. The van der Waals surface area contributed by atoms with Crippen LogP contribution in [0.4, 0.5) is 5.69 Å². The van der Waals surface area contributed by atoms with E-state index in [2.05, 4.69) is 5.32 Å². The van der Waals surface area contributed by atoms with Gasteiger partial charge in [0.25, 0.3) is 5.91 Å². The van der Waals surface area contributed by atoms with Crippen molar-refractivity contribution in [1.82, 2.24) is 0 Å². The number of carbonyl (C=O) groups excluding carboxylic acids is 1. The van der Waals surface area contributed by atoms with Crippen molar-refractivity contribution in [2.45, 2.75) is 13.8 Å². The minimum absolute atomic E-state index is 0.00672. The van der Waals surface area contributed by atoms with E-state index in [-0.39, 0.29) is 17.1 Å². The maximum absolute atomic E-state index is 12.3. The van der Waals surface area contributed by atoms with Gasteiger partial charge < -0.3 is 15.2 Å². The summed E-state index contributed by atoms with van der Waals surface area (Å²) in [5.41, 5.74) is 3.35. The number of aryl methyl sites for hydroxylation is 2. The molecule has 0 aliphatic carbocycles. The second kappa shape index (κ2) is 7.34. The monoisotopic (exact) mass is 322 g/mol. The minimum atomic E-state index is -0.493. The van der Waals surface area contributed by atoms with Gasteiger partial charge in [0.15, 0.2) is 11.5 Å². The standard InChI is InChI=1S/C19H18N2O3/c1-12-4-6-16(8-13(12)2)21-19(23)15(11-20)9-14-5-7-17(22)18(10-14)24-3/h4-10,22H,1-3H3,(H,21,23)/b15-9+. The third kappa shape index (κ3) is 3.93. The first-order valence-corrected chi connectivity index (χ1v) is 7.32. The molecule has 24 heavy (non-hydrogen) atoms. The molecule has 2 aromatic carbocycles. The van der Waals surface area contributed by atoms with Crippen LogP contribution in [0.1, 0.15) is 16.7 Å². The van der Waals surface area contributed by atoms with E-state index in [9.17, 15) is 15.2 Å². The molecule has 0 radical (unpaired) electrons. The van der Waals surface area contributed by atoms with E-state index in [4.69, 9.17) is 4.74 Å². The van der Waals surface area contributed by atoms with Crippen LogP contribution in [-0.4, -0.2) is 18.1 Å². The number of amides is 1. The van der Waals surface area contributed by atoms with Gasteiger partial charge in [-0.25, -0.2) is 0 Å². The lowest BCUT2D eigenvalue weighted by Gasteiger charge is -2.07. The van der Waals surface area contributed by atoms with E-state index in [0.717, 1.165) is 11.1 Å². The van der Waals surface area contributed by atoms with Crippen LogP contribution >= 0.6 is 0 Å². The number of anilines is 1. The lowest BCUT2D eigenvalue weighted by molar-refractivity contribution is -0.112. The van der Waals surface area contributed by atoms with Crippen molar-refractivity contribution < 1.29 is 14.6 Å². The zero-order valence-electron chi connectivity index (χ0n) is 13.8. The Morgan fingerprint density at radius 1 is 1.21 bits per heavy atom. The van der Waals surface area contributed by atoms with E-state index in [1.165, 1.54) is 19.3 Å². The molecule has 0 spiro atoms. The highest BCUT2D eigenvalue weighted by atomic mass is 16.5. The second-order valence-corrected chi connectivity index (χ2v) is 5.35. The van der Waals surface area contributed by atoms with Crippen molar-refractivity contribution in [1.29, 1.82) is 5.26 Å². The number of phenolic OH excluding ortho intramolecular Hbond substituents is 1. The molecule has 0 bridgehead atoms. The number of phenols is 1. The number of nitrogens with zero attached hydrogens (tertiary/aromatic N) is 1. The van der Waals surface area contributed by atoms with E-state index in [1.54, 1.807) is 18.2 Å². The summed E-state index contributed by atoms with van der Waals surface area (Å²) in [6, 6.07) is 12.0. The van der Waals surface area contributed by atoms with Crippen LogP contribution in [0, 0.1) is 25.2 Å². The van der Waals surface area contributed by atoms with Crippen LogP contribution in [0.2, 0.25) is 0 Å². The number of benzene rings is 2. The molecule has 0 saturated heterocycles. The molecule has 2 aromatic rings. The Bertz CT molecular complexity index is 848. The number of hydrogen-bond donors (Lipinski definition) is 2. The van der Waals surface area contributed by atoms with Gasteiger partial charge in [0.05, 0.1) is 7.11 Å². The second-order valence-electron chi connectivity index (χ2n) is 5.35. The van der Waals surface area contributed by atoms with Gasteiger partial charge in [-0.2, -0.15) is 5.26 Å². The number of methoxy groups -OCH3 is 1. The maximum Gasteiger partial charge on any atom is 0.266 e. The smallest absolute Gasteiger partial charge is 0.266 e. The number of nitrogens with one attached hydrogen (secondary N) is 1. The summed E-state index contributed by atoms with van der Waals surface area (Å²) >= 11 is 0. The van der Waals surface area contributed by atoms with Gasteiger partial charge in [0, 0.05) is 5.69 Å². The van der Waals surface area contributed by atoms with Gasteiger partial charge in [-0.15, -0.1) is 0 Å². The van der Waals surface area contributed by atoms with Crippen LogP contribution in [-0.2, 0) is 4.79 Å². The predicted molar refractivity (Wildman–Crippen MR) is 92.8 cm³/mol. The summed E-state index contributed by atoms with van der Waals surface area (Å²) in [7, 11) is 1.43. The Hall–Kier alpha value is -3.26. The third-order valence-corrected chi connectivity index (χ3v) is 3.64. The van der Waals surface area contributed by atoms with Gasteiger partial charge in [0.2, 0.25) is 0 Å². The summed E-state index contributed by atoms with van der Waals surface area (Å²) in [6.07, 6.45) is 1.44. The van der Waals surface area contributed by atoms with Crippen LogP contribution in [0.15, 0.2) is 42.0 Å². The van der Waals surface area contributed by atoms with E-state index in [1.807, 2.05) is 32.0 Å². The van der Waals surface area contributed by atoms with Crippen LogP contribution in [0.25, 0.3) is 6.08 Å². The Morgan fingerprint density at radius 2 is 1.96 bits per heavy atom. The van der Waals surface area contributed by atoms with Crippen molar-refractivity contribution in [3.63, 3.8) is 0 Å². The van der Waals surface area contributed by atoms with E-state index >= 15 is 0 Å². The lowest BCUT2D eigenvalue weighted by atomic mass is 10.1. The van der Waals surface area contributed by atoms with Gasteiger partial charge in [-0.3, -0.25) is 4.79 Å². The summed E-state index contributed by atoms with van der Waals surface area (Å²) in [6.45, 7) is 3.94. The molecule has 2 N–H and O–H groups in total. The minimum Gasteiger partial charge on any atom is -0.504 e. The fourth-order valence-corrected chi connectivity index (χ4v) is 2.12.